The van der Waals surface area contributed by atoms with Crippen LogP contribution < -0.4 is 5.32 Å². The Morgan fingerprint density at radius 3 is 2.72 bits per heavy atom. The summed E-state index contributed by atoms with van der Waals surface area (Å²) >= 11 is 0. The molecule has 2 atom stereocenters. The fraction of sp³-hybridized carbons (Fsp3) is 0.353. The minimum atomic E-state index is -4.61. The van der Waals surface area contributed by atoms with Gasteiger partial charge in [-0.1, -0.05) is 31.2 Å². The number of hydrogen-bond acceptors (Lipinski definition) is 4. The molecule has 0 unspecified atom stereocenters. The number of rotatable bonds is 2. The van der Waals surface area contributed by atoms with Gasteiger partial charge in [0.2, 0.25) is 0 Å². The maximum Gasteiger partial charge on any atom is 0.453 e. The van der Waals surface area contributed by atoms with Gasteiger partial charge < -0.3 is 5.32 Å². The van der Waals surface area contributed by atoms with Crippen molar-refractivity contribution >= 4 is 11.6 Å². The van der Waals surface area contributed by atoms with Crippen molar-refractivity contribution in [2.24, 2.45) is 5.92 Å². The summed E-state index contributed by atoms with van der Waals surface area (Å²) in [5.74, 6) is -0.479. The Morgan fingerprint density at radius 1 is 1.20 bits per heavy atom. The molecule has 3 aromatic rings. The lowest BCUT2D eigenvalue weighted by atomic mass is 10.0. The summed E-state index contributed by atoms with van der Waals surface area (Å²) in [6.07, 6.45) is -3.68. The van der Waals surface area contributed by atoms with Gasteiger partial charge in [-0.3, -0.25) is 0 Å². The fourth-order valence-electron chi connectivity index (χ4n) is 3.38. The Kier molecular flexibility index (Phi) is 3.45. The molecule has 0 spiro atoms. The predicted molar refractivity (Wildman–Crippen MR) is 86.2 cm³/mol. The second-order valence-corrected chi connectivity index (χ2v) is 6.43. The number of alkyl halides is 3. The molecule has 1 aliphatic carbocycles. The zero-order valence-electron chi connectivity index (χ0n) is 13.7. The van der Waals surface area contributed by atoms with Crippen molar-refractivity contribution in [2.75, 3.05) is 5.32 Å². The molecule has 0 fully saturated rings. The third-order valence-corrected chi connectivity index (χ3v) is 4.50. The van der Waals surface area contributed by atoms with E-state index in [1.54, 1.807) is 13.0 Å². The summed E-state index contributed by atoms with van der Waals surface area (Å²) in [6.45, 7) is 3.84. The van der Waals surface area contributed by atoms with Crippen LogP contribution in [0.25, 0.3) is 5.78 Å². The third-order valence-electron chi connectivity index (χ3n) is 4.50. The first-order valence-electron chi connectivity index (χ1n) is 7.99. The summed E-state index contributed by atoms with van der Waals surface area (Å²) in [5.41, 5.74) is 2.99. The van der Waals surface area contributed by atoms with Crippen LogP contribution >= 0.6 is 0 Å². The molecule has 4 rings (SSSR count). The molecule has 0 radical (unpaired) electrons. The number of hydrogen-bond donors (Lipinski definition) is 1. The maximum atomic E-state index is 12.9. The number of fused-ring (bicyclic) bond motifs is 2. The fourth-order valence-corrected chi connectivity index (χ4v) is 3.38. The van der Waals surface area contributed by atoms with E-state index in [0.717, 1.165) is 16.5 Å². The zero-order valence-corrected chi connectivity index (χ0v) is 13.7. The van der Waals surface area contributed by atoms with Gasteiger partial charge in [0.1, 0.15) is 5.82 Å². The predicted octanol–water partition coefficient (Wildman–Crippen LogP) is 3.80. The van der Waals surface area contributed by atoms with Crippen LogP contribution in [0.15, 0.2) is 30.3 Å². The van der Waals surface area contributed by atoms with Crippen LogP contribution in [0, 0.1) is 12.8 Å². The van der Waals surface area contributed by atoms with Crippen molar-refractivity contribution in [1.29, 1.82) is 0 Å². The topological polar surface area (TPSA) is 55.1 Å². The Labute approximate surface area is 141 Å². The van der Waals surface area contributed by atoms with Gasteiger partial charge in [-0.15, -0.1) is 5.10 Å². The number of nitrogens with zero attached hydrogens (tertiary/aromatic N) is 4. The first kappa shape index (κ1) is 15.9. The van der Waals surface area contributed by atoms with E-state index in [4.69, 9.17) is 0 Å². The number of anilines is 1. The number of aromatic nitrogens is 4. The van der Waals surface area contributed by atoms with Crippen molar-refractivity contribution in [3.05, 3.63) is 53.0 Å². The van der Waals surface area contributed by atoms with Crippen LogP contribution in [0.2, 0.25) is 0 Å². The highest BCUT2D eigenvalue weighted by Gasteiger charge is 2.37. The molecule has 0 aliphatic heterocycles. The van der Waals surface area contributed by atoms with Crippen LogP contribution in [-0.4, -0.2) is 19.6 Å². The van der Waals surface area contributed by atoms with Crippen molar-refractivity contribution in [3.8, 4) is 0 Å². The molecule has 1 N–H and O–H groups in total. The molecule has 0 saturated carbocycles. The Bertz CT molecular complexity index is 947. The summed E-state index contributed by atoms with van der Waals surface area (Å²) in [5, 5.41) is 6.95. The SMILES string of the molecule is Cc1cc(N[C@@H]2c3ccccc3C[C@H]2C)n2nc(C(F)(F)F)nc2n1. The van der Waals surface area contributed by atoms with E-state index >= 15 is 0 Å². The Morgan fingerprint density at radius 2 is 1.96 bits per heavy atom. The van der Waals surface area contributed by atoms with Crippen molar-refractivity contribution < 1.29 is 13.2 Å². The van der Waals surface area contributed by atoms with Crippen molar-refractivity contribution in [1.82, 2.24) is 19.6 Å². The van der Waals surface area contributed by atoms with E-state index in [-0.39, 0.29) is 11.8 Å². The molecule has 130 valence electrons. The van der Waals surface area contributed by atoms with Crippen LogP contribution in [-0.2, 0) is 12.6 Å². The van der Waals surface area contributed by atoms with Gasteiger partial charge in [-0.25, -0.2) is 4.98 Å². The van der Waals surface area contributed by atoms with E-state index in [2.05, 4.69) is 33.4 Å². The average Bonchev–Trinajstić information content (AvgIpc) is 3.09. The molecule has 2 heterocycles. The van der Waals surface area contributed by atoms with Crippen LogP contribution in [0.4, 0.5) is 19.0 Å². The summed E-state index contributed by atoms with van der Waals surface area (Å²) in [4.78, 5) is 7.58. The number of aryl methyl sites for hydroxylation is 1. The van der Waals surface area contributed by atoms with Gasteiger partial charge in [-0.2, -0.15) is 22.7 Å². The molecule has 1 aromatic carbocycles. The smallest absolute Gasteiger partial charge is 0.363 e. The molecule has 0 bridgehead atoms. The molecule has 1 aliphatic rings. The highest BCUT2D eigenvalue weighted by atomic mass is 19.4. The first-order chi connectivity index (χ1) is 11.8. The lowest BCUT2D eigenvalue weighted by Crippen LogP contribution is -2.17. The molecular formula is C17H16F3N5. The van der Waals surface area contributed by atoms with Crippen molar-refractivity contribution in [2.45, 2.75) is 32.5 Å². The zero-order chi connectivity index (χ0) is 17.8. The molecule has 25 heavy (non-hydrogen) atoms. The minimum Gasteiger partial charge on any atom is -0.363 e. The molecule has 5 nitrogen and oxygen atoms in total. The van der Waals surface area contributed by atoms with Crippen LogP contribution in [0.1, 0.15) is 35.6 Å². The highest BCUT2D eigenvalue weighted by Crippen LogP contribution is 2.38. The summed E-state index contributed by atoms with van der Waals surface area (Å²) in [7, 11) is 0. The monoisotopic (exact) mass is 347 g/mol. The van der Waals surface area contributed by atoms with E-state index in [1.165, 1.54) is 5.56 Å². The molecular weight excluding hydrogens is 331 g/mol. The minimum absolute atomic E-state index is 0.000244. The van der Waals surface area contributed by atoms with Crippen molar-refractivity contribution in [3.63, 3.8) is 0 Å². The van der Waals surface area contributed by atoms with E-state index in [9.17, 15) is 13.2 Å². The molecule has 8 heteroatoms. The largest absolute Gasteiger partial charge is 0.453 e. The third kappa shape index (κ3) is 2.71. The molecule has 2 aromatic heterocycles. The van der Waals surface area contributed by atoms with Gasteiger partial charge >= 0.3 is 6.18 Å². The van der Waals surface area contributed by atoms with Crippen LogP contribution in [0.3, 0.4) is 0 Å². The van der Waals surface area contributed by atoms with Gasteiger partial charge in [0.25, 0.3) is 11.6 Å². The standard InChI is InChI=1S/C17H16F3N5/c1-9-7-11-5-3-4-6-12(11)14(9)22-13-8-10(2)21-16-23-15(17(18,19)20)24-25(13)16/h3-6,8-9,14,22H,7H2,1-2H3/t9-,14+/m1/s1. The lowest BCUT2D eigenvalue weighted by molar-refractivity contribution is -0.144. The van der Waals surface area contributed by atoms with E-state index in [0.29, 0.717) is 17.4 Å². The molecule has 0 amide bonds. The van der Waals surface area contributed by atoms with Gasteiger partial charge in [-0.05, 0) is 30.4 Å². The van der Waals surface area contributed by atoms with Gasteiger partial charge in [0.15, 0.2) is 0 Å². The second-order valence-electron chi connectivity index (χ2n) is 6.43. The second kappa shape index (κ2) is 5.44. The molecule has 0 saturated heterocycles. The number of benzene rings is 1. The van der Waals surface area contributed by atoms with Gasteiger partial charge in [0, 0.05) is 11.8 Å². The number of nitrogens with one attached hydrogen (secondary N) is 1. The highest BCUT2D eigenvalue weighted by molar-refractivity contribution is 5.49. The van der Waals surface area contributed by atoms with E-state index in [1.807, 2.05) is 18.2 Å². The summed E-state index contributed by atoms with van der Waals surface area (Å²) < 4.78 is 39.9. The quantitative estimate of drug-likeness (QED) is 0.766. The average molecular weight is 347 g/mol. The maximum absolute atomic E-state index is 12.9. The van der Waals surface area contributed by atoms with E-state index < -0.39 is 12.0 Å². The number of halogens is 3. The lowest BCUT2D eigenvalue weighted by Gasteiger charge is -2.20. The summed E-state index contributed by atoms with van der Waals surface area (Å²) in [6, 6.07) is 9.78. The van der Waals surface area contributed by atoms with Gasteiger partial charge in [0.05, 0.1) is 6.04 Å². The Balaban J connectivity index is 1.78. The first-order valence-corrected chi connectivity index (χ1v) is 7.99. The Hall–Kier alpha value is -2.64. The van der Waals surface area contributed by atoms with Crippen LogP contribution in [0.5, 0.6) is 0 Å². The normalized spacial score (nSPS) is 20.0.